The highest BCUT2D eigenvalue weighted by atomic mass is 19.4. The fourth-order valence-electron chi connectivity index (χ4n) is 3.64. The second-order valence-electron chi connectivity index (χ2n) is 7.49. The van der Waals surface area contributed by atoms with Crippen LogP contribution in [0.25, 0.3) is 23.0 Å². The SMILES string of the molecule is COc1cc(C(F)=Cc2cccc(-c3ccccc3)c2C)c(C(F)(F)F)cc1CNCCO. The van der Waals surface area contributed by atoms with Gasteiger partial charge in [-0.1, -0.05) is 48.5 Å². The fourth-order valence-corrected chi connectivity index (χ4v) is 3.64. The van der Waals surface area contributed by atoms with Gasteiger partial charge in [0.15, 0.2) is 0 Å². The molecule has 0 aliphatic heterocycles. The molecule has 0 unspecified atom stereocenters. The Morgan fingerprint density at radius 2 is 1.79 bits per heavy atom. The predicted octanol–water partition coefficient (Wildman–Crippen LogP) is 6.24. The molecule has 3 aromatic carbocycles. The molecule has 0 amide bonds. The summed E-state index contributed by atoms with van der Waals surface area (Å²) in [7, 11) is 1.32. The molecule has 0 saturated heterocycles. The highest BCUT2D eigenvalue weighted by molar-refractivity contribution is 5.83. The monoisotopic (exact) mass is 459 g/mol. The number of alkyl halides is 3. The Bertz CT molecular complexity index is 1130. The molecule has 0 bridgehead atoms. The van der Waals surface area contributed by atoms with Gasteiger partial charge in [-0.25, -0.2) is 4.39 Å². The number of aliphatic hydroxyl groups excluding tert-OH is 1. The van der Waals surface area contributed by atoms with Crippen molar-refractivity contribution < 1.29 is 27.4 Å². The molecule has 3 nitrogen and oxygen atoms in total. The van der Waals surface area contributed by atoms with Crippen LogP contribution in [0.15, 0.2) is 60.7 Å². The van der Waals surface area contributed by atoms with Gasteiger partial charge in [0.2, 0.25) is 0 Å². The summed E-state index contributed by atoms with van der Waals surface area (Å²) in [6, 6.07) is 16.8. The number of nitrogens with one attached hydrogen (secondary N) is 1. The minimum Gasteiger partial charge on any atom is -0.496 e. The molecule has 174 valence electrons. The normalized spacial score (nSPS) is 12.2. The third-order valence-electron chi connectivity index (χ3n) is 5.33. The van der Waals surface area contributed by atoms with Crippen molar-refractivity contribution in [1.82, 2.24) is 5.32 Å². The molecule has 0 aliphatic carbocycles. The lowest BCUT2D eigenvalue weighted by atomic mass is 9.95. The number of aliphatic hydroxyl groups is 1. The molecule has 7 heteroatoms. The fraction of sp³-hybridized carbons (Fsp3) is 0.231. The van der Waals surface area contributed by atoms with E-state index in [4.69, 9.17) is 9.84 Å². The van der Waals surface area contributed by atoms with Crippen LogP contribution in [0.5, 0.6) is 5.75 Å². The lowest BCUT2D eigenvalue weighted by Crippen LogP contribution is -2.19. The van der Waals surface area contributed by atoms with E-state index >= 15 is 4.39 Å². The standard InChI is InChI=1S/C26H25F4NO2/c1-17-19(9-6-10-21(17)18-7-4-3-5-8-18)14-24(27)22-15-25(33-2)20(16-31-11-12-32)13-23(22)26(28,29)30/h3-10,13-15,31-32H,11-12,16H2,1-2H3. The molecular formula is C26H25F4NO2. The Morgan fingerprint density at radius 1 is 1.06 bits per heavy atom. The van der Waals surface area contributed by atoms with E-state index < -0.39 is 23.1 Å². The van der Waals surface area contributed by atoms with Gasteiger partial charge in [0.1, 0.15) is 11.6 Å². The Labute approximate surface area is 190 Å². The molecule has 0 aromatic heterocycles. The Hall–Kier alpha value is -3.16. The number of ether oxygens (including phenoxy) is 1. The molecule has 3 rings (SSSR count). The van der Waals surface area contributed by atoms with Gasteiger partial charge in [-0.3, -0.25) is 0 Å². The molecule has 0 radical (unpaired) electrons. The summed E-state index contributed by atoms with van der Waals surface area (Å²) in [5, 5.41) is 11.7. The first-order valence-electron chi connectivity index (χ1n) is 10.4. The van der Waals surface area contributed by atoms with Crippen molar-refractivity contribution in [3.05, 3.63) is 88.5 Å². The number of methoxy groups -OCH3 is 1. The zero-order valence-corrected chi connectivity index (χ0v) is 18.3. The number of halogens is 4. The molecule has 0 saturated carbocycles. The van der Waals surface area contributed by atoms with E-state index in [9.17, 15) is 13.2 Å². The molecule has 0 fully saturated rings. The van der Waals surface area contributed by atoms with E-state index in [1.807, 2.05) is 43.3 Å². The van der Waals surface area contributed by atoms with Gasteiger partial charge in [0, 0.05) is 24.2 Å². The number of hydrogen-bond donors (Lipinski definition) is 2. The van der Waals surface area contributed by atoms with Crippen LogP contribution in [0, 0.1) is 6.92 Å². The lowest BCUT2D eigenvalue weighted by molar-refractivity contribution is -0.137. The zero-order valence-electron chi connectivity index (χ0n) is 18.3. The van der Waals surface area contributed by atoms with Crippen LogP contribution in [0.4, 0.5) is 17.6 Å². The summed E-state index contributed by atoms with van der Waals surface area (Å²) in [5.74, 6) is -0.884. The van der Waals surface area contributed by atoms with E-state index in [1.54, 1.807) is 12.1 Å². The van der Waals surface area contributed by atoms with Crippen molar-refractivity contribution in [2.24, 2.45) is 0 Å². The van der Waals surface area contributed by atoms with Gasteiger partial charge in [0.05, 0.1) is 19.3 Å². The van der Waals surface area contributed by atoms with Gasteiger partial charge < -0.3 is 15.2 Å². The van der Waals surface area contributed by atoms with E-state index in [1.165, 1.54) is 7.11 Å². The van der Waals surface area contributed by atoms with Crippen LogP contribution < -0.4 is 10.1 Å². The highest BCUT2D eigenvalue weighted by Crippen LogP contribution is 2.40. The Kier molecular flexibility index (Phi) is 7.89. The van der Waals surface area contributed by atoms with Crippen molar-refractivity contribution in [2.45, 2.75) is 19.6 Å². The van der Waals surface area contributed by atoms with Crippen molar-refractivity contribution in [1.29, 1.82) is 0 Å². The van der Waals surface area contributed by atoms with Crippen molar-refractivity contribution in [3.63, 3.8) is 0 Å². The first kappa shape index (κ1) is 24.5. The van der Waals surface area contributed by atoms with Gasteiger partial charge in [0.25, 0.3) is 0 Å². The van der Waals surface area contributed by atoms with Gasteiger partial charge in [-0.2, -0.15) is 13.2 Å². The maximum Gasteiger partial charge on any atom is 0.417 e. The quantitative estimate of drug-likeness (QED) is 0.238. The molecule has 0 atom stereocenters. The van der Waals surface area contributed by atoms with Crippen molar-refractivity contribution >= 4 is 11.9 Å². The zero-order chi connectivity index (χ0) is 24.0. The van der Waals surface area contributed by atoms with Crippen LogP contribution in [-0.4, -0.2) is 25.4 Å². The third kappa shape index (κ3) is 5.80. The maximum absolute atomic E-state index is 15.3. The Balaban J connectivity index is 2.08. The topological polar surface area (TPSA) is 41.5 Å². The molecule has 33 heavy (non-hydrogen) atoms. The third-order valence-corrected chi connectivity index (χ3v) is 5.33. The van der Waals surface area contributed by atoms with Gasteiger partial charge in [-0.05, 0) is 47.4 Å². The minimum atomic E-state index is -4.76. The molecule has 0 heterocycles. The van der Waals surface area contributed by atoms with Gasteiger partial charge >= 0.3 is 6.18 Å². The van der Waals surface area contributed by atoms with Crippen LogP contribution in [0.1, 0.15) is 27.8 Å². The smallest absolute Gasteiger partial charge is 0.417 e. The highest BCUT2D eigenvalue weighted by Gasteiger charge is 2.35. The largest absolute Gasteiger partial charge is 0.496 e. The summed E-state index contributed by atoms with van der Waals surface area (Å²) in [4.78, 5) is 0. The maximum atomic E-state index is 15.3. The first-order chi connectivity index (χ1) is 15.8. The van der Waals surface area contributed by atoms with Crippen LogP contribution >= 0.6 is 0 Å². The van der Waals surface area contributed by atoms with Crippen LogP contribution in [0.2, 0.25) is 0 Å². The molecule has 0 aliphatic rings. The summed E-state index contributed by atoms with van der Waals surface area (Å²) >= 11 is 0. The Morgan fingerprint density at radius 3 is 2.42 bits per heavy atom. The number of benzene rings is 3. The van der Waals surface area contributed by atoms with E-state index in [0.29, 0.717) is 5.56 Å². The van der Waals surface area contributed by atoms with Crippen molar-refractivity contribution in [2.75, 3.05) is 20.3 Å². The average molecular weight is 459 g/mol. The molecular weight excluding hydrogens is 434 g/mol. The van der Waals surface area contributed by atoms with Crippen LogP contribution in [0.3, 0.4) is 0 Å². The molecule has 0 spiro atoms. The second-order valence-corrected chi connectivity index (χ2v) is 7.49. The van der Waals surface area contributed by atoms with Crippen molar-refractivity contribution in [3.8, 4) is 16.9 Å². The van der Waals surface area contributed by atoms with Crippen LogP contribution in [-0.2, 0) is 12.7 Å². The first-order valence-corrected chi connectivity index (χ1v) is 10.4. The van der Waals surface area contributed by atoms with E-state index in [-0.39, 0.29) is 31.0 Å². The molecule has 2 N–H and O–H groups in total. The van der Waals surface area contributed by atoms with Gasteiger partial charge in [-0.15, -0.1) is 0 Å². The predicted molar refractivity (Wildman–Crippen MR) is 122 cm³/mol. The second kappa shape index (κ2) is 10.6. The molecule has 3 aromatic rings. The summed E-state index contributed by atoms with van der Waals surface area (Å²) in [5.41, 5.74) is 1.58. The summed E-state index contributed by atoms with van der Waals surface area (Å²) in [6.45, 7) is 1.89. The van der Waals surface area contributed by atoms with E-state index in [0.717, 1.165) is 34.9 Å². The number of rotatable bonds is 8. The number of hydrogen-bond acceptors (Lipinski definition) is 3. The average Bonchev–Trinajstić information content (AvgIpc) is 2.80. The summed E-state index contributed by atoms with van der Waals surface area (Å²) in [6.07, 6.45) is -3.64. The summed E-state index contributed by atoms with van der Waals surface area (Å²) < 4.78 is 62.0. The lowest BCUT2D eigenvalue weighted by Gasteiger charge is -2.17. The minimum absolute atomic E-state index is 0.0383. The van der Waals surface area contributed by atoms with E-state index in [2.05, 4.69) is 5.32 Å².